The summed E-state index contributed by atoms with van der Waals surface area (Å²) in [5, 5.41) is 7.01. The molecule has 0 radical (unpaired) electrons. The SMILES string of the molecule is c1ccc2c(c1)C[C@@H](NC1CCN(c3nccs3)CC1)CO2. The van der Waals surface area contributed by atoms with Crippen molar-refractivity contribution in [3.05, 3.63) is 41.4 Å². The van der Waals surface area contributed by atoms with Crippen molar-refractivity contribution in [2.45, 2.75) is 31.3 Å². The maximum absolute atomic E-state index is 5.88. The first-order valence-electron chi connectivity index (χ1n) is 8.00. The quantitative estimate of drug-likeness (QED) is 0.945. The lowest BCUT2D eigenvalue weighted by molar-refractivity contribution is 0.219. The van der Waals surface area contributed by atoms with Gasteiger partial charge in [-0.15, -0.1) is 11.3 Å². The van der Waals surface area contributed by atoms with Gasteiger partial charge in [0.2, 0.25) is 0 Å². The van der Waals surface area contributed by atoms with Gasteiger partial charge in [0, 0.05) is 36.8 Å². The lowest BCUT2D eigenvalue weighted by Crippen LogP contribution is -2.49. The highest BCUT2D eigenvalue weighted by Gasteiger charge is 2.25. The van der Waals surface area contributed by atoms with E-state index in [9.17, 15) is 0 Å². The predicted octanol–water partition coefficient (Wildman–Crippen LogP) is 2.71. The fraction of sp³-hybridized carbons (Fsp3) is 0.471. The number of hydrogen-bond donors (Lipinski definition) is 1. The number of benzene rings is 1. The van der Waals surface area contributed by atoms with Crippen LogP contribution < -0.4 is 15.0 Å². The van der Waals surface area contributed by atoms with Gasteiger partial charge in [-0.25, -0.2) is 4.98 Å². The van der Waals surface area contributed by atoms with E-state index in [2.05, 4.69) is 38.8 Å². The van der Waals surface area contributed by atoms with Gasteiger partial charge < -0.3 is 15.0 Å². The fourth-order valence-electron chi connectivity index (χ4n) is 3.38. The predicted molar refractivity (Wildman–Crippen MR) is 89.9 cm³/mol. The van der Waals surface area contributed by atoms with E-state index >= 15 is 0 Å². The van der Waals surface area contributed by atoms with Crippen LogP contribution in [0, 0.1) is 0 Å². The monoisotopic (exact) mass is 315 g/mol. The van der Waals surface area contributed by atoms with Crippen molar-refractivity contribution < 1.29 is 4.74 Å². The molecule has 116 valence electrons. The Balaban J connectivity index is 1.31. The van der Waals surface area contributed by atoms with Gasteiger partial charge in [-0.05, 0) is 30.9 Å². The molecule has 2 aliphatic heterocycles. The molecule has 0 spiro atoms. The second-order valence-corrected chi connectivity index (χ2v) is 6.94. The Labute approximate surface area is 135 Å². The molecule has 1 N–H and O–H groups in total. The van der Waals surface area contributed by atoms with Gasteiger partial charge in [0.05, 0.1) is 0 Å². The minimum absolute atomic E-state index is 0.436. The number of ether oxygens (including phenoxy) is 1. The highest BCUT2D eigenvalue weighted by molar-refractivity contribution is 7.13. The number of thiazole rings is 1. The van der Waals surface area contributed by atoms with Crippen LogP contribution in [0.5, 0.6) is 5.75 Å². The first kappa shape index (κ1) is 14.0. The van der Waals surface area contributed by atoms with Gasteiger partial charge in [-0.1, -0.05) is 18.2 Å². The van der Waals surface area contributed by atoms with Crippen LogP contribution in [0.15, 0.2) is 35.8 Å². The number of fused-ring (bicyclic) bond motifs is 1. The zero-order valence-corrected chi connectivity index (χ0v) is 13.4. The average molecular weight is 315 g/mol. The second-order valence-electron chi connectivity index (χ2n) is 6.06. The van der Waals surface area contributed by atoms with E-state index in [1.54, 1.807) is 11.3 Å². The van der Waals surface area contributed by atoms with Crippen LogP contribution >= 0.6 is 11.3 Å². The van der Waals surface area contributed by atoms with Crippen LogP contribution in [0.2, 0.25) is 0 Å². The summed E-state index contributed by atoms with van der Waals surface area (Å²) < 4.78 is 5.88. The summed E-state index contributed by atoms with van der Waals surface area (Å²) in [6.45, 7) is 2.97. The molecule has 0 saturated carbocycles. The molecule has 1 saturated heterocycles. The van der Waals surface area contributed by atoms with Crippen molar-refractivity contribution in [3.63, 3.8) is 0 Å². The number of anilines is 1. The highest BCUT2D eigenvalue weighted by Crippen LogP contribution is 2.26. The molecule has 4 nitrogen and oxygen atoms in total. The molecule has 22 heavy (non-hydrogen) atoms. The van der Waals surface area contributed by atoms with E-state index in [0.717, 1.165) is 37.0 Å². The van der Waals surface area contributed by atoms with Gasteiger partial charge in [-0.2, -0.15) is 0 Å². The summed E-state index contributed by atoms with van der Waals surface area (Å²) in [7, 11) is 0. The molecule has 4 rings (SSSR count). The number of nitrogens with one attached hydrogen (secondary N) is 1. The zero-order chi connectivity index (χ0) is 14.8. The van der Waals surface area contributed by atoms with Gasteiger partial charge in [0.15, 0.2) is 5.13 Å². The third kappa shape index (κ3) is 2.96. The molecule has 0 amide bonds. The molecule has 2 aromatic rings. The van der Waals surface area contributed by atoms with Crippen molar-refractivity contribution >= 4 is 16.5 Å². The lowest BCUT2D eigenvalue weighted by atomic mass is 9.99. The Bertz CT molecular complexity index is 608. The van der Waals surface area contributed by atoms with Crippen molar-refractivity contribution in [2.24, 2.45) is 0 Å². The molecule has 1 aromatic carbocycles. The largest absolute Gasteiger partial charge is 0.492 e. The third-order valence-corrected chi connectivity index (χ3v) is 5.37. The number of para-hydroxylation sites is 1. The summed E-state index contributed by atoms with van der Waals surface area (Å²) >= 11 is 1.73. The van der Waals surface area contributed by atoms with E-state index in [4.69, 9.17) is 4.74 Å². The highest BCUT2D eigenvalue weighted by atomic mass is 32.1. The minimum Gasteiger partial charge on any atom is -0.492 e. The topological polar surface area (TPSA) is 37.4 Å². The summed E-state index contributed by atoms with van der Waals surface area (Å²) in [4.78, 5) is 6.81. The van der Waals surface area contributed by atoms with Crippen LogP contribution in [-0.2, 0) is 6.42 Å². The molecule has 0 bridgehead atoms. The van der Waals surface area contributed by atoms with E-state index < -0.39 is 0 Å². The Hall–Kier alpha value is -1.59. The maximum Gasteiger partial charge on any atom is 0.185 e. The van der Waals surface area contributed by atoms with Gasteiger partial charge in [0.25, 0.3) is 0 Å². The molecule has 2 aliphatic rings. The summed E-state index contributed by atoms with van der Waals surface area (Å²) in [5.41, 5.74) is 1.33. The smallest absolute Gasteiger partial charge is 0.185 e. The number of nitrogens with zero attached hydrogens (tertiary/aromatic N) is 2. The summed E-state index contributed by atoms with van der Waals surface area (Å²) in [5.74, 6) is 1.05. The zero-order valence-electron chi connectivity index (χ0n) is 12.6. The second kappa shape index (κ2) is 6.26. The van der Waals surface area contributed by atoms with Crippen molar-refractivity contribution in [2.75, 3.05) is 24.6 Å². The molecule has 1 atom stereocenters. The molecule has 5 heteroatoms. The molecule has 1 aromatic heterocycles. The molecular formula is C17H21N3OS. The molecular weight excluding hydrogens is 294 g/mol. The van der Waals surface area contributed by atoms with E-state index in [1.165, 1.54) is 18.4 Å². The van der Waals surface area contributed by atoms with Crippen LogP contribution in [0.1, 0.15) is 18.4 Å². The Morgan fingerprint density at radius 2 is 2.05 bits per heavy atom. The van der Waals surface area contributed by atoms with Crippen molar-refractivity contribution in [1.82, 2.24) is 10.3 Å². The summed E-state index contributed by atoms with van der Waals surface area (Å²) in [6.07, 6.45) is 5.32. The van der Waals surface area contributed by atoms with Crippen molar-refractivity contribution in [1.29, 1.82) is 0 Å². The number of piperidine rings is 1. The normalized spacial score (nSPS) is 22.2. The number of hydrogen-bond acceptors (Lipinski definition) is 5. The summed E-state index contributed by atoms with van der Waals surface area (Å²) in [6, 6.07) is 9.41. The van der Waals surface area contributed by atoms with Gasteiger partial charge in [-0.3, -0.25) is 0 Å². The van der Waals surface area contributed by atoms with E-state index in [-0.39, 0.29) is 0 Å². The average Bonchev–Trinajstić information content (AvgIpc) is 3.10. The molecule has 3 heterocycles. The number of rotatable bonds is 3. The van der Waals surface area contributed by atoms with Crippen molar-refractivity contribution in [3.8, 4) is 5.75 Å². The molecule has 1 fully saturated rings. The Morgan fingerprint density at radius 1 is 1.18 bits per heavy atom. The van der Waals surface area contributed by atoms with E-state index in [1.807, 2.05) is 12.3 Å². The fourth-order valence-corrected chi connectivity index (χ4v) is 4.07. The van der Waals surface area contributed by atoms with Gasteiger partial charge >= 0.3 is 0 Å². The van der Waals surface area contributed by atoms with Gasteiger partial charge in [0.1, 0.15) is 12.4 Å². The van der Waals surface area contributed by atoms with Crippen LogP contribution in [-0.4, -0.2) is 36.8 Å². The van der Waals surface area contributed by atoms with Crippen LogP contribution in [0.25, 0.3) is 0 Å². The van der Waals surface area contributed by atoms with E-state index in [0.29, 0.717) is 12.1 Å². The standard InChI is InChI=1S/C17H21N3OS/c1-2-4-16-13(3-1)11-15(12-21-16)19-14-5-8-20(9-6-14)17-18-7-10-22-17/h1-4,7,10,14-15,19H,5-6,8-9,11-12H2/t15-/m1/s1. The maximum atomic E-state index is 5.88. The lowest BCUT2D eigenvalue weighted by Gasteiger charge is -2.35. The number of aromatic nitrogens is 1. The third-order valence-electron chi connectivity index (χ3n) is 4.54. The Kier molecular flexibility index (Phi) is 3.99. The Morgan fingerprint density at radius 3 is 2.86 bits per heavy atom. The first-order chi connectivity index (χ1) is 10.9. The molecule has 0 unspecified atom stereocenters. The minimum atomic E-state index is 0.436. The molecule has 0 aliphatic carbocycles. The van der Waals surface area contributed by atoms with Crippen LogP contribution in [0.4, 0.5) is 5.13 Å². The first-order valence-corrected chi connectivity index (χ1v) is 8.87. The van der Waals surface area contributed by atoms with Crippen LogP contribution in [0.3, 0.4) is 0 Å².